The predicted octanol–water partition coefficient (Wildman–Crippen LogP) is -0.837. The Morgan fingerprint density at radius 3 is 2.23 bits per heavy atom. The monoisotopic (exact) mass is 212 g/mol. The van der Waals surface area contributed by atoms with Gasteiger partial charge in [-0.25, -0.2) is 0 Å². The number of ether oxygens (including phenoxy) is 1. The van der Waals surface area contributed by atoms with Crippen LogP contribution in [0.5, 0.6) is 0 Å². The summed E-state index contributed by atoms with van der Waals surface area (Å²) in [6.07, 6.45) is 3.51. The molecule has 0 fully saturated rings. The van der Waals surface area contributed by atoms with Crippen molar-refractivity contribution in [1.82, 2.24) is 0 Å². The molecule has 0 N–H and O–H groups in total. The SMILES string of the molecule is CCCCCC(=O)OC(=O)CC.[H-].[K+]. The number of hydrogen-bond acceptors (Lipinski definition) is 3. The average Bonchev–Trinajstić information content (AvgIpc) is 2.05. The van der Waals surface area contributed by atoms with Crippen LogP contribution >= 0.6 is 0 Å². The summed E-state index contributed by atoms with van der Waals surface area (Å²) in [5.41, 5.74) is 0. The van der Waals surface area contributed by atoms with Gasteiger partial charge in [0.2, 0.25) is 0 Å². The first-order valence-electron chi connectivity index (χ1n) is 4.44. The molecule has 0 bridgehead atoms. The number of hydrogen-bond donors (Lipinski definition) is 0. The van der Waals surface area contributed by atoms with E-state index in [1.807, 2.05) is 0 Å². The number of rotatable bonds is 5. The van der Waals surface area contributed by atoms with Crippen LogP contribution in [-0.2, 0) is 14.3 Å². The molecule has 0 rings (SSSR count). The molecule has 0 aliphatic carbocycles. The quantitative estimate of drug-likeness (QED) is 0.258. The summed E-state index contributed by atoms with van der Waals surface area (Å²) in [6, 6.07) is 0. The number of unbranched alkanes of at least 4 members (excludes halogenated alkanes) is 2. The Morgan fingerprint density at radius 1 is 1.15 bits per heavy atom. The standard InChI is InChI=1S/C9H16O3.K.H/c1-3-5-6-7-9(11)12-8(10)4-2;;/h3-7H2,1-2H3;;/q;+1;-1. The van der Waals surface area contributed by atoms with E-state index in [4.69, 9.17) is 0 Å². The first-order chi connectivity index (χ1) is 5.70. The summed E-state index contributed by atoms with van der Waals surface area (Å²) >= 11 is 0. The van der Waals surface area contributed by atoms with Crippen molar-refractivity contribution in [2.75, 3.05) is 0 Å². The van der Waals surface area contributed by atoms with E-state index in [9.17, 15) is 9.59 Å². The minimum absolute atomic E-state index is 0. The molecular formula is C9H17KO3. The fraction of sp³-hybridized carbons (Fsp3) is 0.778. The van der Waals surface area contributed by atoms with Crippen molar-refractivity contribution in [2.24, 2.45) is 0 Å². The van der Waals surface area contributed by atoms with Gasteiger partial charge in [-0.05, 0) is 6.42 Å². The van der Waals surface area contributed by atoms with Crippen molar-refractivity contribution >= 4 is 11.9 Å². The fourth-order valence-electron chi connectivity index (χ4n) is 0.770. The summed E-state index contributed by atoms with van der Waals surface area (Å²) in [6.45, 7) is 3.73. The van der Waals surface area contributed by atoms with Gasteiger partial charge < -0.3 is 6.16 Å². The van der Waals surface area contributed by atoms with Gasteiger partial charge in [0.1, 0.15) is 0 Å². The minimum atomic E-state index is -0.434. The molecule has 0 spiro atoms. The molecular weight excluding hydrogens is 195 g/mol. The molecule has 0 aromatic carbocycles. The molecule has 13 heavy (non-hydrogen) atoms. The Labute approximate surface area is 124 Å². The van der Waals surface area contributed by atoms with Crippen molar-refractivity contribution in [3.8, 4) is 0 Å². The normalized spacial score (nSPS) is 8.77. The Hall–Kier alpha value is 0.776. The molecule has 0 aromatic heterocycles. The fourth-order valence-corrected chi connectivity index (χ4v) is 0.770. The molecule has 0 saturated carbocycles. The summed E-state index contributed by atoms with van der Waals surface area (Å²) in [5.74, 6) is -0.827. The van der Waals surface area contributed by atoms with Crippen LogP contribution in [0.1, 0.15) is 47.4 Å². The zero-order valence-electron chi connectivity index (χ0n) is 9.76. The van der Waals surface area contributed by atoms with Gasteiger partial charge in [0.15, 0.2) is 0 Å². The molecule has 0 aromatic rings. The van der Waals surface area contributed by atoms with E-state index in [1.165, 1.54) is 0 Å². The molecule has 0 aliphatic heterocycles. The Morgan fingerprint density at radius 2 is 1.77 bits per heavy atom. The smallest absolute Gasteiger partial charge is 1.00 e. The summed E-state index contributed by atoms with van der Waals surface area (Å²) in [7, 11) is 0. The van der Waals surface area contributed by atoms with Crippen LogP contribution in [0.15, 0.2) is 0 Å². The number of carbonyl (C=O) groups excluding carboxylic acids is 2. The van der Waals surface area contributed by atoms with E-state index < -0.39 is 11.9 Å². The van der Waals surface area contributed by atoms with Gasteiger partial charge in [-0.1, -0.05) is 26.7 Å². The second-order valence-corrected chi connectivity index (χ2v) is 2.66. The number of esters is 2. The molecule has 0 saturated heterocycles. The predicted molar refractivity (Wildman–Crippen MR) is 46.6 cm³/mol. The van der Waals surface area contributed by atoms with E-state index in [-0.39, 0.29) is 59.2 Å². The first kappa shape index (κ1) is 16.2. The molecule has 3 nitrogen and oxygen atoms in total. The van der Waals surface area contributed by atoms with E-state index in [0.29, 0.717) is 6.42 Å². The third kappa shape index (κ3) is 10.7. The Bertz CT molecular complexity index is 162. The maximum Gasteiger partial charge on any atom is 1.00 e. The average molecular weight is 212 g/mol. The van der Waals surface area contributed by atoms with E-state index in [1.54, 1.807) is 6.92 Å². The topological polar surface area (TPSA) is 43.4 Å². The van der Waals surface area contributed by atoms with Gasteiger partial charge in [0.05, 0.1) is 0 Å². The minimum Gasteiger partial charge on any atom is -1.00 e. The zero-order chi connectivity index (χ0) is 9.40. The molecule has 0 amide bonds. The second kappa shape index (κ2) is 10.9. The first-order valence-corrected chi connectivity index (χ1v) is 4.44. The van der Waals surface area contributed by atoms with Crippen LogP contribution in [0.25, 0.3) is 0 Å². The van der Waals surface area contributed by atoms with Crippen LogP contribution in [0.3, 0.4) is 0 Å². The van der Waals surface area contributed by atoms with Crippen molar-refractivity contribution < 1.29 is 67.1 Å². The van der Waals surface area contributed by atoms with Crippen LogP contribution in [0.2, 0.25) is 0 Å². The number of carbonyl (C=O) groups is 2. The van der Waals surface area contributed by atoms with E-state index >= 15 is 0 Å². The van der Waals surface area contributed by atoms with E-state index in [2.05, 4.69) is 11.7 Å². The molecule has 72 valence electrons. The maximum absolute atomic E-state index is 10.8. The van der Waals surface area contributed by atoms with Crippen molar-refractivity contribution in [3.63, 3.8) is 0 Å². The molecule has 0 aliphatic rings. The van der Waals surface area contributed by atoms with Crippen molar-refractivity contribution in [3.05, 3.63) is 0 Å². The van der Waals surface area contributed by atoms with Crippen LogP contribution in [0.4, 0.5) is 0 Å². The van der Waals surface area contributed by atoms with Gasteiger partial charge in [-0.2, -0.15) is 0 Å². The van der Waals surface area contributed by atoms with Gasteiger partial charge >= 0.3 is 63.3 Å². The van der Waals surface area contributed by atoms with Gasteiger partial charge in [-0.15, -0.1) is 0 Å². The van der Waals surface area contributed by atoms with Gasteiger partial charge in [0.25, 0.3) is 0 Å². The van der Waals surface area contributed by atoms with Crippen molar-refractivity contribution in [1.29, 1.82) is 0 Å². The summed E-state index contributed by atoms with van der Waals surface area (Å²) in [5, 5.41) is 0. The molecule has 0 radical (unpaired) electrons. The Kier molecular flexibility index (Phi) is 13.5. The summed E-state index contributed by atoms with van der Waals surface area (Å²) < 4.78 is 4.47. The third-order valence-electron chi connectivity index (χ3n) is 1.50. The maximum atomic E-state index is 10.8. The molecule has 4 heteroatoms. The van der Waals surface area contributed by atoms with E-state index in [0.717, 1.165) is 19.3 Å². The van der Waals surface area contributed by atoms with Crippen LogP contribution in [-0.4, -0.2) is 11.9 Å². The second-order valence-electron chi connectivity index (χ2n) is 2.66. The third-order valence-corrected chi connectivity index (χ3v) is 1.50. The zero-order valence-corrected chi connectivity index (χ0v) is 11.9. The summed E-state index contributed by atoms with van der Waals surface area (Å²) in [4.78, 5) is 21.5. The van der Waals surface area contributed by atoms with Gasteiger partial charge in [-0.3, -0.25) is 9.59 Å². The molecule has 0 heterocycles. The van der Waals surface area contributed by atoms with Crippen LogP contribution < -0.4 is 51.4 Å². The van der Waals surface area contributed by atoms with Crippen molar-refractivity contribution in [2.45, 2.75) is 46.0 Å². The molecule has 0 unspecified atom stereocenters. The van der Waals surface area contributed by atoms with Gasteiger partial charge in [0, 0.05) is 12.8 Å². The molecule has 0 atom stereocenters. The Balaban J connectivity index is -0.000000605. The van der Waals surface area contributed by atoms with Crippen LogP contribution in [0, 0.1) is 0 Å². The largest absolute Gasteiger partial charge is 1.00 e.